The fourth-order valence-corrected chi connectivity index (χ4v) is 2.31. The molecular formula is C22H36O4. The highest BCUT2D eigenvalue weighted by Crippen LogP contribution is 2.05. The van der Waals surface area contributed by atoms with Gasteiger partial charge in [0.2, 0.25) is 0 Å². The number of hydrogen-bond donors (Lipinski definition) is 3. The normalized spacial score (nSPS) is 14.9. The minimum atomic E-state index is -0.707. The van der Waals surface area contributed by atoms with Crippen LogP contribution in [0.1, 0.15) is 71.1 Å². The Bertz CT molecular complexity index is 449. The summed E-state index contributed by atoms with van der Waals surface area (Å²) in [5, 5.41) is 27.6. The van der Waals surface area contributed by atoms with Crippen LogP contribution in [-0.2, 0) is 4.79 Å². The van der Waals surface area contributed by atoms with Gasteiger partial charge in [-0.1, -0.05) is 62.0 Å². The Kier molecular flexibility index (Phi) is 17.0. The molecule has 0 heterocycles. The van der Waals surface area contributed by atoms with Crippen molar-refractivity contribution in [3.63, 3.8) is 0 Å². The summed E-state index contributed by atoms with van der Waals surface area (Å²) in [6, 6.07) is 0. The topological polar surface area (TPSA) is 77.8 Å². The molecule has 0 aromatic rings. The van der Waals surface area contributed by atoms with Gasteiger partial charge in [-0.3, -0.25) is 4.79 Å². The summed E-state index contributed by atoms with van der Waals surface area (Å²) in [5.74, 6) is -0.707. The third-order valence-electron chi connectivity index (χ3n) is 3.98. The number of aliphatic hydroxyl groups excluding tert-OH is 2. The number of hydrogen-bond acceptors (Lipinski definition) is 3. The van der Waals surface area contributed by atoms with E-state index in [0.29, 0.717) is 12.8 Å². The van der Waals surface area contributed by atoms with Crippen molar-refractivity contribution < 1.29 is 20.1 Å². The minimum absolute atomic E-state index is 0.277. The molecule has 4 heteroatoms. The lowest BCUT2D eigenvalue weighted by atomic mass is 10.1. The van der Waals surface area contributed by atoms with E-state index >= 15 is 0 Å². The van der Waals surface area contributed by atoms with E-state index in [1.807, 2.05) is 19.1 Å². The summed E-state index contributed by atoms with van der Waals surface area (Å²) >= 11 is 0. The predicted octanol–water partition coefficient (Wildman–Crippen LogP) is 4.94. The van der Waals surface area contributed by atoms with E-state index < -0.39 is 18.2 Å². The smallest absolute Gasteiger partial charge is 0.303 e. The van der Waals surface area contributed by atoms with Crippen LogP contribution in [0.2, 0.25) is 0 Å². The zero-order valence-corrected chi connectivity index (χ0v) is 16.1. The maximum Gasteiger partial charge on any atom is 0.303 e. The summed E-state index contributed by atoms with van der Waals surface area (Å²) in [5.41, 5.74) is 0. The molecule has 0 fully saturated rings. The molecule has 0 amide bonds. The van der Waals surface area contributed by atoms with Crippen LogP contribution in [0.15, 0.2) is 48.6 Å². The number of carbonyl (C=O) groups is 1. The van der Waals surface area contributed by atoms with E-state index in [1.165, 1.54) is 0 Å². The maximum absolute atomic E-state index is 10.4. The molecule has 148 valence electrons. The monoisotopic (exact) mass is 364 g/mol. The number of unbranched alkanes of at least 4 members (excludes halogenated alkanes) is 3. The quantitative estimate of drug-likeness (QED) is 0.268. The Morgan fingerprint density at radius 3 is 1.85 bits per heavy atom. The highest BCUT2D eigenvalue weighted by Gasteiger charge is 2.11. The van der Waals surface area contributed by atoms with Crippen LogP contribution in [0, 0.1) is 0 Å². The predicted molar refractivity (Wildman–Crippen MR) is 108 cm³/mol. The van der Waals surface area contributed by atoms with E-state index in [9.17, 15) is 15.0 Å². The lowest BCUT2D eigenvalue weighted by molar-refractivity contribution is -0.137. The highest BCUT2D eigenvalue weighted by molar-refractivity contribution is 5.66. The van der Waals surface area contributed by atoms with Crippen molar-refractivity contribution in [2.45, 2.75) is 83.3 Å². The second-order valence-corrected chi connectivity index (χ2v) is 6.36. The molecule has 0 unspecified atom stereocenters. The minimum Gasteiger partial charge on any atom is -0.481 e. The van der Waals surface area contributed by atoms with Gasteiger partial charge < -0.3 is 15.3 Å². The van der Waals surface area contributed by atoms with Crippen molar-refractivity contribution in [3.05, 3.63) is 48.6 Å². The second kappa shape index (κ2) is 18.2. The molecule has 0 spiro atoms. The van der Waals surface area contributed by atoms with Crippen LogP contribution in [0.4, 0.5) is 0 Å². The number of allylic oxidation sites excluding steroid dienone is 7. The summed E-state index contributed by atoms with van der Waals surface area (Å²) < 4.78 is 0. The first-order valence-corrected chi connectivity index (χ1v) is 9.75. The third-order valence-corrected chi connectivity index (χ3v) is 3.98. The molecule has 0 aliphatic rings. The van der Waals surface area contributed by atoms with Gasteiger partial charge in [0.25, 0.3) is 0 Å². The van der Waals surface area contributed by atoms with Crippen molar-refractivity contribution in [2.24, 2.45) is 0 Å². The number of rotatable bonds is 16. The van der Waals surface area contributed by atoms with E-state index in [-0.39, 0.29) is 6.42 Å². The lowest BCUT2D eigenvalue weighted by Crippen LogP contribution is -2.23. The zero-order chi connectivity index (χ0) is 19.5. The van der Waals surface area contributed by atoms with Gasteiger partial charge in [0.15, 0.2) is 0 Å². The first-order chi connectivity index (χ1) is 12.6. The van der Waals surface area contributed by atoms with Crippen molar-refractivity contribution in [3.8, 4) is 0 Å². The number of carboxylic acids is 1. The molecule has 0 bridgehead atoms. The van der Waals surface area contributed by atoms with Crippen LogP contribution >= 0.6 is 0 Å². The molecular weight excluding hydrogens is 328 g/mol. The molecule has 2 atom stereocenters. The first kappa shape index (κ1) is 24.4. The van der Waals surface area contributed by atoms with E-state index in [2.05, 4.69) is 36.5 Å². The number of carboxylic acid groups (broad SMARTS) is 1. The SMILES string of the molecule is CC[C@@H](O)[C@@H](O)C/C=C\C/C=C\C/C=C\C/C=C\CCCCCC(=O)O. The number of aliphatic carboxylic acids is 1. The summed E-state index contributed by atoms with van der Waals surface area (Å²) in [7, 11) is 0. The van der Waals surface area contributed by atoms with Crippen molar-refractivity contribution in [1.29, 1.82) is 0 Å². The van der Waals surface area contributed by atoms with Crippen molar-refractivity contribution in [1.82, 2.24) is 0 Å². The molecule has 0 aromatic heterocycles. The Morgan fingerprint density at radius 2 is 1.31 bits per heavy atom. The highest BCUT2D eigenvalue weighted by atomic mass is 16.4. The Balaban J connectivity index is 3.53. The summed E-state index contributed by atoms with van der Waals surface area (Å²) in [6.45, 7) is 1.86. The van der Waals surface area contributed by atoms with E-state index in [1.54, 1.807) is 0 Å². The molecule has 0 aromatic carbocycles. The molecule has 0 saturated heterocycles. The molecule has 0 saturated carbocycles. The van der Waals surface area contributed by atoms with Crippen LogP contribution in [0.5, 0.6) is 0 Å². The second-order valence-electron chi connectivity index (χ2n) is 6.36. The molecule has 0 aliphatic carbocycles. The fourth-order valence-electron chi connectivity index (χ4n) is 2.31. The fraction of sp³-hybridized carbons (Fsp3) is 0.591. The van der Waals surface area contributed by atoms with Gasteiger partial charge in [-0.05, 0) is 51.4 Å². The number of aliphatic hydroxyl groups is 2. The molecule has 3 N–H and O–H groups in total. The van der Waals surface area contributed by atoms with Gasteiger partial charge in [0.1, 0.15) is 0 Å². The van der Waals surface area contributed by atoms with Crippen LogP contribution in [0.25, 0.3) is 0 Å². The van der Waals surface area contributed by atoms with Gasteiger partial charge in [0.05, 0.1) is 12.2 Å². The molecule has 0 aliphatic heterocycles. The molecule has 0 rings (SSSR count). The Morgan fingerprint density at radius 1 is 0.769 bits per heavy atom. The Labute approximate surface area is 158 Å². The summed E-state index contributed by atoms with van der Waals surface area (Å²) in [6.07, 6.45) is 23.3. The van der Waals surface area contributed by atoms with Crippen LogP contribution in [0.3, 0.4) is 0 Å². The van der Waals surface area contributed by atoms with E-state index in [0.717, 1.165) is 44.9 Å². The van der Waals surface area contributed by atoms with Crippen LogP contribution in [-0.4, -0.2) is 33.5 Å². The molecule has 26 heavy (non-hydrogen) atoms. The molecule has 4 nitrogen and oxygen atoms in total. The average Bonchev–Trinajstić information content (AvgIpc) is 2.63. The lowest BCUT2D eigenvalue weighted by Gasteiger charge is -2.13. The van der Waals surface area contributed by atoms with Gasteiger partial charge in [0, 0.05) is 6.42 Å². The maximum atomic E-state index is 10.4. The van der Waals surface area contributed by atoms with Gasteiger partial charge in [-0.15, -0.1) is 0 Å². The van der Waals surface area contributed by atoms with E-state index in [4.69, 9.17) is 5.11 Å². The van der Waals surface area contributed by atoms with Gasteiger partial charge in [-0.25, -0.2) is 0 Å². The Hall–Kier alpha value is -1.65. The van der Waals surface area contributed by atoms with Gasteiger partial charge >= 0.3 is 5.97 Å². The third kappa shape index (κ3) is 17.2. The van der Waals surface area contributed by atoms with Crippen LogP contribution < -0.4 is 0 Å². The van der Waals surface area contributed by atoms with Crippen molar-refractivity contribution in [2.75, 3.05) is 0 Å². The molecule has 0 radical (unpaired) electrons. The zero-order valence-electron chi connectivity index (χ0n) is 16.1. The standard InChI is InChI=1S/C22H36O4/c1-2-20(23)21(24)18-16-14-12-10-8-6-4-3-5-7-9-11-13-15-17-19-22(25)26/h3-4,7-10,14,16,20-21,23-24H,2,5-6,11-13,15,17-19H2,1H3,(H,25,26)/b4-3-,9-7-,10-8-,16-14-/t20-,21+/m1/s1. The largest absolute Gasteiger partial charge is 0.481 e. The van der Waals surface area contributed by atoms with Crippen molar-refractivity contribution >= 4 is 5.97 Å². The average molecular weight is 365 g/mol. The first-order valence-electron chi connectivity index (χ1n) is 9.75. The summed E-state index contributed by atoms with van der Waals surface area (Å²) in [4.78, 5) is 10.4. The van der Waals surface area contributed by atoms with Gasteiger partial charge in [-0.2, -0.15) is 0 Å².